The lowest BCUT2D eigenvalue weighted by Gasteiger charge is -2.35. The van der Waals surface area contributed by atoms with Crippen LogP contribution in [0.3, 0.4) is 0 Å². The molecule has 0 fully saturated rings. The fourth-order valence-corrected chi connectivity index (χ4v) is 3.69. The van der Waals surface area contributed by atoms with E-state index in [1.54, 1.807) is 35.8 Å². The predicted molar refractivity (Wildman–Crippen MR) is 97.9 cm³/mol. The normalized spacial score (nSPS) is 16.5. The quantitative estimate of drug-likeness (QED) is 0.590. The number of aromatic amines is 1. The first-order valence-corrected chi connectivity index (χ1v) is 8.73. The van der Waals surface area contributed by atoms with E-state index in [2.05, 4.69) is 25.0 Å². The zero-order valence-electron chi connectivity index (χ0n) is 14.7. The van der Waals surface area contributed by atoms with Crippen LogP contribution in [0.25, 0.3) is 11.0 Å². The van der Waals surface area contributed by atoms with E-state index in [0.29, 0.717) is 12.1 Å². The molecular formula is C19H17N7O. The number of aryl methyl sites for hydroxylation is 1. The van der Waals surface area contributed by atoms with Gasteiger partial charge in [0.1, 0.15) is 11.6 Å². The van der Waals surface area contributed by atoms with Crippen molar-refractivity contribution in [1.29, 1.82) is 0 Å². The van der Waals surface area contributed by atoms with E-state index in [-0.39, 0.29) is 11.9 Å². The Labute approximate surface area is 154 Å². The molecule has 0 saturated carbocycles. The number of imidazole rings is 1. The van der Waals surface area contributed by atoms with E-state index in [4.69, 9.17) is 0 Å². The van der Waals surface area contributed by atoms with Crippen molar-refractivity contribution in [1.82, 2.24) is 34.6 Å². The number of pyridine rings is 2. The maximum absolute atomic E-state index is 13.4. The third kappa shape index (κ3) is 2.49. The number of fused-ring (bicyclic) bond motifs is 2. The number of carbonyl (C=O) groups excluding carboxylic acids is 1. The molecule has 1 unspecified atom stereocenters. The Morgan fingerprint density at radius 3 is 2.93 bits per heavy atom. The van der Waals surface area contributed by atoms with Crippen molar-refractivity contribution >= 4 is 16.9 Å². The van der Waals surface area contributed by atoms with E-state index in [1.807, 2.05) is 30.1 Å². The molecule has 1 atom stereocenters. The minimum atomic E-state index is -0.252. The molecule has 5 rings (SSSR count). The molecule has 27 heavy (non-hydrogen) atoms. The van der Waals surface area contributed by atoms with Gasteiger partial charge in [-0.25, -0.2) is 4.98 Å². The largest absolute Gasteiger partial charge is 0.348 e. The lowest BCUT2D eigenvalue weighted by atomic mass is 9.95. The molecule has 8 nitrogen and oxygen atoms in total. The molecule has 8 heteroatoms. The second-order valence-corrected chi connectivity index (χ2v) is 6.59. The lowest BCUT2D eigenvalue weighted by Crippen LogP contribution is -2.40. The zero-order valence-corrected chi connectivity index (χ0v) is 14.7. The first-order chi connectivity index (χ1) is 13.2. The number of amides is 1. The number of nitrogens with zero attached hydrogens (tertiary/aromatic N) is 6. The standard InChI is InChI=1S/C19H17N7O/c1-25-16-8-13(9-21-15(16)10-24-25)19(27)26-7-4-14-17(23-11-22-14)18(26)12-2-5-20-6-3-12/h2-3,5-6,8-11,18H,4,7H2,1H3,(H,22,23). The number of H-pyrrole nitrogens is 1. The van der Waals surface area contributed by atoms with Crippen LogP contribution < -0.4 is 0 Å². The highest BCUT2D eigenvalue weighted by atomic mass is 16.2. The van der Waals surface area contributed by atoms with Gasteiger partial charge in [-0.3, -0.25) is 19.4 Å². The topological polar surface area (TPSA) is 92.6 Å². The van der Waals surface area contributed by atoms with E-state index < -0.39 is 0 Å². The van der Waals surface area contributed by atoms with Gasteiger partial charge in [-0.15, -0.1) is 0 Å². The minimum Gasteiger partial charge on any atom is -0.348 e. The van der Waals surface area contributed by atoms with Gasteiger partial charge in [-0.2, -0.15) is 5.10 Å². The Balaban J connectivity index is 1.59. The van der Waals surface area contributed by atoms with Crippen LogP contribution in [-0.4, -0.2) is 47.1 Å². The average molecular weight is 359 g/mol. The SMILES string of the molecule is Cn1ncc2ncc(C(=O)N3CCc4[nH]cnc4C3c3ccncc3)cc21. The molecule has 0 aromatic carbocycles. The van der Waals surface area contributed by atoms with Crippen LogP contribution in [-0.2, 0) is 13.5 Å². The van der Waals surface area contributed by atoms with Gasteiger partial charge in [-0.1, -0.05) is 0 Å². The molecule has 1 aliphatic heterocycles. The summed E-state index contributed by atoms with van der Waals surface area (Å²) in [6.07, 6.45) is 9.22. The molecule has 1 N–H and O–H groups in total. The number of carbonyl (C=O) groups is 1. The van der Waals surface area contributed by atoms with E-state index in [1.165, 1.54) is 0 Å². The van der Waals surface area contributed by atoms with Gasteiger partial charge >= 0.3 is 0 Å². The Bertz CT molecular complexity index is 1130. The van der Waals surface area contributed by atoms with Crippen LogP contribution in [0.15, 0.2) is 49.3 Å². The molecule has 0 aliphatic carbocycles. The van der Waals surface area contributed by atoms with Crippen molar-refractivity contribution in [2.45, 2.75) is 12.5 Å². The van der Waals surface area contributed by atoms with Gasteiger partial charge in [-0.05, 0) is 23.8 Å². The number of hydrogen-bond acceptors (Lipinski definition) is 5. The molecule has 5 heterocycles. The van der Waals surface area contributed by atoms with Crippen molar-refractivity contribution in [2.75, 3.05) is 6.54 Å². The summed E-state index contributed by atoms with van der Waals surface area (Å²) in [5.74, 6) is -0.0685. The van der Waals surface area contributed by atoms with Gasteiger partial charge in [0.25, 0.3) is 5.91 Å². The highest BCUT2D eigenvalue weighted by Gasteiger charge is 2.34. The Hall–Kier alpha value is -3.55. The summed E-state index contributed by atoms with van der Waals surface area (Å²) >= 11 is 0. The highest BCUT2D eigenvalue weighted by molar-refractivity contribution is 5.97. The minimum absolute atomic E-state index is 0.0685. The van der Waals surface area contributed by atoms with Crippen LogP contribution in [0.2, 0.25) is 0 Å². The average Bonchev–Trinajstić information content (AvgIpc) is 3.34. The number of hydrogen-bond donors (Lipinski definition) is 1. The number of aromatic nitrogens is 6. The maximum atomic E-state index is 13.4. The van der Waals surface area contributed by atoms with Crippen LogP contribution >= 0.6 is 0 Å². The van der Waals surface area contributed by atoms with Crippen molar-refractivity contribution in [3.05, 3.63) is 71.8 Å². The zero-order chi connectivity index (χ0) is 18.4. The molecule has 1 aliphatic rings. The van der Waals surface area contributed by atoms with E-state index in [9.17, 15) is 4.79 Å². The monoisotopic (exact) mass is 359 g/mol. The summed E-state index contributed by atoms with van der Waals surface area (Å²) < 4.78 is 1.72. The molecular weight excluding hydrogens is 342 g/mol. The smallest absolute Gasteiger partial charge is 0.256 e. The third-order valence-corrected chi connectivity index (χ3v) is 5.05. The predicted octanol–water partition coefficient (Wildman–Crippen LogP) is 1.87. The highest BCUT2D eigenvalue weighted by Crippen LogP contribution is 2.34. The van der Waals surface area contributed by atoms with E-state index in [0.717, 1.165) is 34.4 Å². The summed E-state index contributed by atoms with van der Waals surface area (Å²) in [5, 5.41) is 4.20. The van der Waals surface area contributed by atoms with Crippen LogP contribution in [0.5, 0.6) is 0 Å². The Morgan fingerprint density at radius 2 is 2.07 bits per heavy atom. The van der Waals surface area contributed by atoms with Crippen molar-refractivity contribution < 1.29 is 4.79 Å². The van der Waals surface area contributed by atoms with E-state index >= 15 is 0 Å². The van der Waals surface area contributed by atoms with Gasteiger partial charge < -0.3 is 9.88 Å². The first-order valence-electron chi connectivity index (χ1n) is 8.73. The second kappa shape index (κ2) is 6.01. The Kier molecular flexibility index (Phi) is 3.49. The summed E-state index contributed by atoms with van der Waals surface area (Å²) in [6, 6.07) is 5.45. The first kappa shape index (κ1) is 15.7. The Morgan fingerprint density at radius 1 is 1.22 bits per heavy atom. The lowest BCUT2D eigenvalue weighted by molar-refractivity contribution is 0.0690. The van der Waals surface area contributed by atoms with Gasteiger partial charge in [0, 0.05) is 44.3 Å². The molecule has 134 valence electrons. The number of rotatable bonds is 2. The van der Waals surface area contributed by atoms with Crippen molar-refractivity contribution in [3.63, 3.8) is 0 Å². The molecule has 4 aromatic heterocycles. The summed E-state index contributed by atoms with van der Waals surface area (Å²) in [6.45, 7) is 0.602. The molecule has 4 aromatic rings. The number of nitrogens with one attached hydrogen (secondary N) is 1. The van der Waals surface area contributed by atoms with Gasteiger partial charge in [0.15, 0.2) is 0 Å². The van der Waals surface area contributed by atoms with Gasteiger partial charge in [0.05, 0.1) is 29.3 Å². The molecule has 0 radical (unpaired) electrons. The molecule has 1 amide bonds. The summed E-state index contributed by atoms with van der Waals surface area (Å²) in [7, 11) is 1.84. The van der Waals surface area contributed by atoms with Crippen LogP contribution in [0.4, 0.5) is 0 Å². The maximum Gasteiger partial charge on any atom is 0.256 e. The van der Waals surface area contributed by atoms with Crippen molar-refractivity contribution in [3.8, 4) is 0 Å². The second-order valence-electron chi connectivity index (χ2n) is 6.59. The summed E-state index contributed by atoms with van der Waals surface area (Å²) in [5.41, 5.74) is 5.09. The molecule has 0 bridgehead atoms. The molecule has 0 saturated heterocycles. The fourth-order valence-electron chi connectivity index (χ4n) is 3.69. The van der Waals surface area contributed by atoms with Crippen LogP contribution in [0.1, 0.15) is 33.4 Å². The van der Waals surface area contributed by atoms with Crippen LogP contribution in [0, 0.1) is 0 Å². The third-order valence-electron chi connectivity index (χ3n) is 5.05. The summed E-state index contributed by atoms with van der Waals surface area (Å²) in [4.78, 5) is 31.4. The fraction of sp³-hybridized carbons (Fsp3) is 0.211. The van der Waals surface area contributed by atoms with Gasteiger partial charge in [0.2, 0.25) is 0 Å². The molecule has 0 spiro atoms. The van der Waals surface area contributed by atoms with Crippen molar-refractivity contribution in [2.24, 2.45) is 7.05 Å².